The van der Waals surface area contributed by atoms with Gasteiger partial charge in [-0.15, -0.1) is 0 Å². The molecular formula is C4H3ClIN. The van der Waals surface area contributed by atoms with E-state index in [-0.39, 0.29) is 0 Å². The lowest BCUT2D eigenvalue weighted by Crippen LogP contribution is -1.62. The molecule has 1 heterocycles. The third kappa shape index (κ3) is 1.35. The lowest BCUT2D eigenvalue weighted by atomic mass is 10.7. The molecule has 0 aromatic carbocycles. The van der Waals surface area contributed by atoms with Gasteiger partial charge < -0.3 is 0 Å². The van der Waals surface area contributed by atoms with Crippen LogP contribution in [-0.4, -0.2) is 2.78 Å². The van der Waals surface area contributed by atoms with Crippen LogP contribution in [0.25, 0.3) is 0 Å². The Hall–Kier alpha value is 0.300. The molecule has 1 aromatic rings. The van der Waals surface area contributed by atoms with Gasteiger partial charge in [-0.3, -0.25) is 2.78 Å². The van der Waals surface area contributed by atoms with Crippen LogP contribution < -0.4 is 0 Å². The Labute approximate surface area is 60.8 Å². The zero-order valence-electron chi connectivity index (χ0n) is 3.44. The molecule has 0 atom stereocenters. The summed E-state index contributed by atoms with van der Waals surface area (Å²) in [5, 5.41) is 0.786. The maximum Gasteiger partial charge on any atom is 0.0634 e. The van der Waals surface area contributed by atoms with Crippen LogP contribution in [-0.2, 0) is 0 Å². The summed E-state index contributed by atoms with van der Waals surface area (Å²) in [6, 6.07) is 1.84. The standard InChI is InChI=1S/C4H3ClIN/c5-4-1-2-7(6)3-4/h1-3H. The van der Waals surface area contributed by atoms with Gasteiger partial charge in [0.1, 0.15) is 0 Å². The molecule has 1 rings (SSSR count). The summed E-state index contributed by atoms with van der Waals surface area (Å²) >= 11 is 7.67. The summed E-state index contributed by atoms with van der Waals surface area (Å²) in [5.74, 6) is 0. The molecule has 0 aliphatic carbocycles. The molecule has 0 radical (unpaired) electrons. The van der Waals surface area contributed by atoms with Gasteiger partial charge in [0.05, 0.1) is 27.9 Å². The van der Waals surface area contributed by atoms with E-state index >= 15 is 0 Å². The van der Waals surface area contributed by atoms with E-state index in [9.17, 15) is 0 Å². The van der Waals surface area contributed by atoms with E-state index in [2.05, 4.69) is 22.9 Å². The van der Waals surface area contributed by atoms with Crippen LogP contribution in [0.4, 0.5) is 0 Å². The fourth-order valence-corrected chi connectivity index (χ4v) is 1.13. The first-order chi connectivity index (χ1) is 3.29. The van der Waals surface area contributed by atoms with E-state index in [4.69, 9.17) is 11.6 Å². The van der Waals surface area contributed by atoms with Crippen LogP contribution in [0.5, 0.6) is 0 Å². The Bertz CT molecular complexity index is 144. The van der Waals surface area contributed by atoms with Crippen LogP contribution in [0.3, 0.4) is 0 Å². The highest BCUT2D eigenvalue weighted by atomic mass is 127. The van der Waals surface area contributed by atoms with E-state index in [1.165, 1.54) is 0 Å². The highest BCUT2D eigenvalue weighted by molar-refractivity contribution is 14.1. The molecule has 1 aromatic heterocycles. The number of hydrogen-bond acceptors (Lipinski definition) is 0. The van der Waals surface area contributed by atoms with Gasteiger partial charge in [0.15, 0.2) is 0 Å². The first-order valence-electron chi connectivity index (χ1n) is 1.79. The molecule has 0 saturated carbocycles. The average Bonchev–Trinajstić information content (AvgIpc) is 1.87. The number of hydrogen-bond donors (Lipinski definition) is 0. The lowest BCUT2D eigenvalue weighted by molar-refractivity contribution is 1.36. The molecule has 3 heteroatoms. The lowest BCUT2D eigenvalue weighted by Gasteiger charge is -1.76. The number of aromatic nitrogens is 1. The SMILES string of the molecule is Clc1ccn(I)c1. The number of rotatable bonds is 0. The van der Waals surface area contributed by atoms with Crippen LogP contribution in [0.15, 0.2) is 18.5 Å². The van der Waals surface area contributed by atoms with Crippen molar-refractivity contribution in [2.75, 3.05) is 0 Å². The van der Waals surface area contributed by atoms with Crippen LogP contribution in [0.1, 0.15) is 0 Å². The van der Waals surface area contributed by atoms with Crippen molar-refractivity contribution >= 4 is 34.5 Å². The fourth-order valence-electron chi connectivity index (χ4n) is 0.346. The van der Waals surface area contributed by atoms with Gasteiger partial charge in [-0.05, 0) is 6.07 Å². The van der Waals surface area contributed by atoms with Gasteiger partial charge in [0, 0.05) is 12.4 Å². The van der Waals surface area contributed by atoms with E-state index in [1.54, 1.807) is 0 Å². The minimum Gasteiger partial charge on any atom is -0.296 e. The summed E-state index contributed by atoms with van der Waals surface area (Å²) in [5.41, 5.74) is 0. The maximum atomic E-state index is 5.53. The summed E-state index contributed by atoms with van der Waals surface area (Å²) in [4.78, 5) is 0. The molecule has 0 amide bonds. The normalized spacial score (nSPS) is 9.43. The molecule has 0 spiro atoms. The predicted octanol–water partition coefficient (Wildman–Crippen LogP) is 2.34. The molecule has 0 N–H and O–H groups in total. The van der Waals surface area contributed by atoms with Crippen LogP contribution in [0.2, 0.25) is 5.02 Å². The molecule has 0 unspecified atom stereocenters. The molecule has 0 fully saturated rings. The molecule has 38 valence electrons. The summed E-state index contributed by atoms with van der Waals surface area (Å²) in [7, 11) is 0. The molecule has 7 heavy (non-hydrogen) atoms. The highest BCUT2D eigenvalue weighted by Crippen LogP contribution is 2.08. The smallest absolute Gasteiger partial charge is 0.0634 e. The molecule has 0 saturated heterocycles. The molecular weight excluding hydrogens is 224 g/mol. The van der Waals surface area contributed by atoms with Gasteiger partial charge in [0.25, 0.3) is 0 Å². The van der Waals surface area contributed by atoms with Crippen LogP contribution >= 0.6 is 34.5 Å². The summed E-state index contributed by atoms with van der Waals surface area (Å²) in [6.45, 7) is 0. The summed E-state index contributed by atoms with van der Waals surface area (Å²) in [6.07, 6.45) is 3.73. The van der Waals surface area contributed by atoms with E-state index in [0.717, 1.165) is 5.02 Å². The van der Waals surface area contributed by atoms with Crippen molar-refractivity contribution in [1.29, 1.82) is 0 Å². The van der Waals surface area contributed by atoms with E-state index < -0.39 is 0 Å². The van der Waals surface area contributed by atoms with Gasteiger partial charge in [0.2, 0.25) is 0 Å². The first kappa shape index (κ1) is 5.44. The quantitative estimate of drug-likeness (QED) is 0.600. The zero-order chi connectivity index (χ0) is 5.28. The predicted molar refractivity (Wildman–Crippen MR) is 38.9 cm³/mol. The van der Waals surface area contributed by atoms with Crippen molar-refractivity contribution in [3.05, 3.63) is 23.5 Å². The molecule has 0 aliphatic rings. The second kappa shape index (κ2) is 2.05. The number of halogens is 2. The second-order valence-corrected chi connectivity index (χ2v) is 2.72. The Balaban J connectivity index is 3.04. The van der Waals surface area contributed by atoms with Gasteiger partial charge in [-0.1, -0.05) is 11.6 Å². The third-order valence-corrected chi connectivity index (χ3v) is 1.45. The van der Waals surface area contributed by atoms with Crippen molar-refractivity contribution in [1.82, 2.24) is 2.78 Å². The van der Waals surface area contributed by atoms with Crippen molar-refractivity contribution in [3.8, 4) is 0 Å². The van der Waals surface area contributed by atoms with Crippen LogP contribution in [0, 0.1) is 0 Å². The maximum absolute atomic E-state index is 5.53. The van der Waals surface area contributed by atoms with E-state index in [0.29, 0.717) is 0 Å². The van der Waals surface area contributed by atoms with Crippen molar-refractivity contribution in [2.24, 2.45) is 0 Å². The fraction of sp³-hybridized carbons (Fsp3) is 0. The number of nitrogens with zero attached hydrogens (tertiary/aromatic N) is 1. The third-order valence-electron chi connectivity index (χ3n) is 0.623. The van der Waals surface area contributed by atoms with Gasteiger partial charge >= 0.3 is 0 Å². The Morgan fingerprint density at radius 3 is 2.57 bits per heavy atom. The van der Waals surface area contributed by atoms with Gasteiger partial charge in [-0.2, -0.15) is 0 Å². The average molecular weight is 227 g/mol. The van der Waals surface area contributed by atoms with E-state index in [1.807, 2.05) is 21.2 Å². The second-order valence-electron chi connectivity index (χ2n) is 1.17. The first-order valence-corrected chi connectivity index (χ1v) is 3.13. The Morgan fingerprint density at radius 1 is 1.71 bits per heavy atom. The molecule has 1 nitrogen and oxygen atoms in total. The minimum atomic E-state index is 0.786. The minimum absolute atomic E-state index is 0.786. The summed E-state index contributed by atoms with van der Waals surface area (Å²) < 4.78 is 1.88. The zero-order valence-corrected chi connectivity index (χ0v) is 6.35. The Kier molecular flexibility index (Phi) is 1.59. The van der Waals surface area contributed by atoms with Crippen molar-refractivity contribution in [2.45, 2.75) is 0 Å². The van der Waals surface area contributed by atoms with Crippen molar-refractivity contribution in [3.63, 3.8) is 0 Å². The Morgan fingerprint density at radius 2 is 2.43 bits per heavy atom. The van der Waals surface area contributed by atoms with Gasteiger partial charge in [-0.25, -0.2) is 0 Å². The molecule has 0 bridgehead atoms. The molecule has 0 aliphatic heterocycles. The highest BCUT2D eigenvalue weighted by Gasteiger charge is 1.84. The monoisotopic (exact) mass is 227 g/mol. The topological polar surface area (TPSA) is 4.93 Å². The van der Waals surface area contributed by atoms with Crippen molar-refractivity contribution < 1.29 is 0 Å². The largest absolute Gasteiger partial charge is 0.296 e.